The van der Waals surface area contributed by atoms with Crippen molar-refractivity contribution in [3.63, 3.8) is 0 Å². The molecule has 0 unspecified atom stereocenters. The van der Waals surface area contributed by atoms with Crippen LogP contribution < -0.4 is 48.3 Å². The van der Waals surface area contributed by atoms with Crippen molar-refractivity contribution >= 4 is 59.1 Å². The highest BCUT2D eigenvalue weighted by Gasteiger charge is 2.36. The van der Waals surface area contributed by atoms with Gasteiger partial charge in [0.2, 0.25) is 59.1 Å². The Hall–Kier alpha value is -5.38. The first-order valence-electron chi connectivity index (χ1n) is 20.9. The van der Waals surface area contributed by atoms with E-state index in [4.69, 9.17) is 5.73 Å². The fourth-order valence-corrected chi connectivity index (χ4v) is 6.75. The summed E-state index contributed by atoms with van der Waals surface area (Å²) in [5.74, 6) is -6.50. The number of likely N-dealkylation sites (N-methyl/N-ethyl adjacent to an activating group) is 1. The van der Waals surface area contributed by atoms with Gasteiger partial charge in [0.1, 0.15) is 30.2 Å². The number of nitrogens with two attached hydrogens (primary N) is 1. The Balaban J connectivity index is 1.98. The van der Waals surface area contributed by atoms with Crippen molar-refractivity contribution in [1.82, 2.24) is 52.3 Å². The number of nitrogens with zero attached hydrogens (tertiary/aromatic N) is 2. The van der Waals surface area contributed by atoms with E-state index in [9.17, 15) is 53.1 Å². The highest BCUT2D eigenvalue weighted by atomic mass is 16.3. The van der Waals surface area contributed by atoms with E-state index in [1.165, 1.54) is 16.7 Å². The Morgan fingerprint density at radius 3 is 1.87 bits per heavy atom. The average molecular weight is 866 g/mol. The third-order valence-corrected chi connectivity index (χ3v) is 10.2. The first-order valence-corrected chi connectivity index (χ1v) is 20.9. The van der Waals surface area contributed by atoms with Crippen LogP contribution in [0.5, 0.6) is 0 Å². The zero-order chi connectivity index (χ0) is 46.0. The third kappa shape index (κ3) is 18.0. The Kier molecular flexibility index (Phi) is 21.6. The number of hydrogen-bond donors (Lipinski definition) is 10. The van der Waals surface area contributed by atoms with Gasteiger partial charge in [0.15, 0.2) is 0 Å². The molecule has 2 fully saturated rings. The van der Waals surface area contributed by atoms with E-state index in [0.29, 0.717) is 25.9 Å². The van der Waals surface area contributed by atoms with Crippen LogP contribution in [0, 0.1) is 11.8 Å². The highest BCUT2D eigenvalue weighted by Crippen LogP contribution is 2.19. The molecule has 344 valence electrons. The van der Waals surface area contributed by atoms with Crippen LogP contribution in [-0.2, 0) is 47.9 Å². The number of hydrogen-bond acceptors (Lipinski definition) is 12. The molecular weight excluding hydrogens is 798 g/mol. The zero-order valence-corrected chi connectivity index (χ0v) is 36.4. The first kappa shape index (κ1) is 51.8. The molecule has 0 bridgehead atoms. The van der Waals surface area contributed by atoms with Crippen LogP contribution in [0.4, 0.5) is 0 Å². The summed E-state index contributed by atoms with van der Waals surface area (Å²) in [4.78, 5) is 131. The number of rotatable bonds is 24. The highest BCUT2D eigenvalue weighted by molar-refractivity contribution is 5.97. The molecule has 2 aliphatic rings. The number of likely N-dealkylation sites (tertiary alicyclic amines) is 1. The summed E-state index contributed by atoms with van der Waals surface area (Å²) in [5, 5.41) is 30.0. The SMILES string of the molecule is CCN(C)C(=O)[C@@H]1CCCN1C(=O)CNC(=O)[C@H](C)NC(=O)[C@H](CC(C)C)NC(=O)CNC(=O)[C@H](CC(C)C)NC(=O)[C@H](CCC(N)=O)NC(=O)CNC(=O)[C@@H]1C[C@@H](O)CN1. The number of β-amino-alcohol motifs (C(OH)–C–C–N with tert-alkyl or cyclic N) is 1. The number of carbonyl (C=O) groups excluding carboxylic acids is 10. The van der Waals surface area contributed by atoms with Crippen molar-refractivity contribution in [2.45, 2.75) is 129 Å². The average Bonchev–Trinajstić information content (AvgIpc) is 3.87. The van der Waals surface area contributed by atoms with Gasteiger partial charge in [0, 0.05) is 33.1 Å². The Bertz CT molecular complexity index is 1590. The summed E-state index contributed by atoms with van der Waals surface area (Å²) in [6.45, 7) is 10.1. The predicted molar refractivity (Wildman–Crippen MR) is 220 cm³/mol. The Morgan fingerprint density at radius 1 is 0.754 bits per heavy atom. The van der Waals surface area contributed by atoms with Crippen LogP contribution in [0.3, 0.4) is 0 Å². The summed E-state index contributed by atoms with van der Waals surface area (Å²) >= 11 is 0. The molecule has 7 atom stereocenters. The lowest BCUT2D eigenvalue weighted by molar-refractivity contribution is -0.143. The fraction of sp³-hybridized carbons (Fsp3) is 0.744. The van der Waals surface area contributed by atoms with Crippen LogP contribution in [0.15, 0.2) is 0 Å². The van der Waals surface area contributed by atoms with E-state index in [1.54, 1.807) is 20.9 Å². The summed E-state index contributed by atoms with van der Waals surface area (Å²) < 4.78 is 0. The van der Waals surface area contributed by atoms with Gasteiger partial charge in [-0.25, -0.2) is 0 Å². The van der Waals surface area contributed by atoms with Gasteiger partial charge >= 0.3 is 0 Å². The lowest BCUT2D eigenvalue weighted by atomic mass is 10.0. The molecule has 61 heavy (non-hydrogen) atoms. The fourth-order valence-electron chi connectivity index (χ4n) is 6.75. The van der Waals surface area contributed by atoms with Crippen molar-refractivity contribution in [3.05, 3.63) is 0 Å². The lowest BCUT2D eigenvalue weighted by Gasteiger charge is -2.28. The number of carbonyl (C=O) groups is 10. The van der Waals surface area contributed by atoms with Gasteiger partial charge < -0.3 is 63.2 Å². The summed E-state index contributed by atoms with van der Waals surface area (Å²) in [6.07, 6.45) is 0.424. The molecule has 0 aromatic heterocycles. The number of aliphatic hydroxyl groups is 1. The quantitative estimate of drug-likeness (QED) is 0.0442. The largest absolute Gasteiger partial charge is 0.392 e. The maximum absolute atomic E-state index is 13.4. The van der Waals surface area contributed by atoms with Gasteiger partial charge in [0.05, 0.1) is 31.8 Å². The van der Waals surface area contributed by atoms with E-state index in [2.05, 4.69) is 42.5 Å². The molecule has 11 N–H and O–H groups in total. The Labute approximate surface area is 356 Å². The van der Waals surface area contributed by atoms with Crippen LogP contribution in [0.25, 0.3) is 0 Å². The van der Waals surface area contributed by atoms with Crippen LogP contribution >= 0.6 is 0 Å². The maximum atomic E-state index is 13.4. The molecule has 2 saturated heterocycles. The van der Waals surface area contributed by atoms with Crippen molar-refractivity contribution in [3.8, 4) is 0 Å². The van der Waals surface area contributed by atoms with Gasteiger partial charge in [-0.05, 0) is 64.2 Å². The normalized spacial score (nSPS) is 19.2. The monoisotopic (exact) mass is 866 g/mol. The molecular formula is C39H67N11O11. The molecule has 2 aliphatic heterocycles. The van der Waals surface area contributed by atoms with Gasteiger partial charge in [-0.15, -0.1) is 0 Å². The maximum Gasteiger partial charge on any atom is 0.245 e. The second-order valence-corrected chi connectivity index (χ2v) is 16.4. The van der Waals surface area contributed by atoms with Crippen molar-refractivity contribution in [2.24, 2.45) is 17.6 Å². The Morgan fingerprint density at radius 2 is 1.31 bits per heavy atom. The van der Waals surface area contributed by atoms with E-state index in [-0.39, 0.29) is 62.9 Å². The molecule has 22 nitrogen and oxygen atoms in total. The minimum atomic E-state index is -1.32. The molecule has 2 rings (SSSR count). The van der Waals surface area contributed by atoms with E-state index < -0.39 is 109 Å². The van der Waals surface area contributed by atoms with Crippen molar-refractivity contribution < 1.29 is 53.1 Å². The van der Waals surface area contributed by atoms with Crippen LogP contribution in [0.2, 0.25) is 0 Å². The molecule has 0 radical (unpaired) electrons. The van der Waals surface area contributed by atoms with Gasteiger partial charge in [-0.1, -0.05) is 27.7 Å². The topological polar surface area (TPSA) is 320 Å². The molecule has 0 saturated carbocycles. The summed E-state index contributed by atoms with van der Waals surface area (Å²) in [5.41, 5.74) is 5.28. The second-order valence-electron chi connectivity index (χ2n) is 16.4. The lowest BCUT2D eigenvalue weighted by Crippen LogP contribution is -2.57. The minimum absolute atomic E-state index is 0.0847. The number of nitrogens with one attached hydrogen (secondary N) is 8. The molecule has 0 aromatic rings. The third-order valence-electron chi connectivity index (χ3n) is 10.2. The standard InChI is InChI=1S/C39H67N11O11/c1-8-49(7)39(61)29-10-9-13-50(29)33(55)20-44-34(56)23(6)45-38(60)28(15-22(4)5)47-32(54)19-43-36(58)27(14-21(2)3)48-37(59)25(11-12-30(40)52)46-31(53)18-42-35(57)26-16-24(51)17-41-26/h21-29,41,51H,8-20H2,1-7H3,(H2,40,52)(H,42,57)(H,43,58)(H,44,56)(H,45,60)(H,46,53)(H,47,54)(H,48,59)/t23-,24+,25-,26-,27-,28-,29-/m0/s1. The second kappa shape index (κ2) is 25.4. The molecule has 22 heteroatoms. The summed E-state index contributed by atoms with van der Waals surface area (Å²) in [7, 11) is 1.66. The number of aliphatic hydroxyl groups excluding tert-OH is 1. The van der Waals surface area contributed by atoms with Gasteiger partial charge in [0.25, 0.3) is 0 Å². The number of primary amides is 1. The first-order chi connectivity index (χ1) is 28.6. The predicted octanol–water partition coefficient (Wildman–Crippen LogP) is -4.16. The van der Waals surface area contributed by atoms with E-state index >= 15 is 0 Å². The van der Waals surface area contributed by atoms with Gasteiger partial charge in [-0.3, -0.25) is 47.9 Å². The smallest absolute Gasteiger partial charge is 0.245 e. The molecule has 2 heterocycles. The minimum Gasteiger partial charge on any atom is -0.392 e. The molecule has 10 amide bonds. The van der Waals surface area contributed by atoms with E-state index in [0.717, 1.165) is 0 Å². The van der Waals surface area contributed by atoms with E-state index in [1.807, 2.05) is 20.8 Å². The van der Waals surface area contributed by atoms with Crippen LogP contribution in [-0.4, -0.2) is 163 Å². The van der Waals surface area contributed by atoms with Crippen molar-refractivity contribution in [1.29, 1.82) is 0 Å². The van der Waals surface area contributed by atoms with Gasteiger partial charge in [-0.2, -0.15) is 0 Å². The molecule has 0 spiro atoms. The molecule has 0 aliphatic carbocycles. The van der Waals surface area contributed by atoms with Crippen LogP contribution in [0.1, 0.15) is 86.5 Å². The molecule has 0 aromatic carbocycles. The summed E-state index contributed by atoms with van der Waals surface area (Å²) in [6, 6.07) is -6.03. The van der Waals surface area contributed by atoms with Crippen molar-refractivity contribution in [2.75, 3.05) is 46.3 Å². The zero-order valence-electron chi connectivity index (χ0n) is 36.4. The number of amides is 10.